The van der Waals surface area contributed by atoms with E-state index in [1.165, 1.54) is 38.1 Å². The molecular weight excluding hydrogens is 344 g/mol. The summed E-state index contributed by atoms with van der Waals surface area (Å²) >= 11 is 0. The maximum Gasteiger partial charge on any atom is 0.0799 e. The predicted octanol–water partition coefficient (Wildman–Crippen LogP) is 5.98. The maximum absolute atomic E-state index is 4.94. The predicted molar refractivity (Wildman–Crippen MR) is 121 cm³/mol. The van der Waals surface area contributed by atoms with Gasteiger partial charge in [0.25, 0.3) is 0 Å². The number of aryl methyl sites for hydroxylation is 2. The molecule has 2 aromatic heterocycles. The van der Waals surface area contributed by atoms with Crippen molar-refractivity contribution >= 4 is 35.1 Å². The lowest BCUT2D eigenvalue weighted by molar-refractivity contribution is 0.827. The second-order valence-electron chi connectivity index (χ2n) is 8.29. The van der Waals surface area contributed by atoms with E-state index in [4.69, 9.17) is 4.98 Å². The third-order valence-corrected chi connectivity index (χ3v) is 7.63. The van der Waals surface area contributed by atoms with Crippen molar-refractivity contribution in [1.82, 2.24) is 9.55 Å². The van der Waals surface area contributed by atoms with Crippen molar-refractivity contribution in [3.8, 4) is 11.3 Å². The third-order valence-electron chi connectivity index (χ3n) is 5.56. The van der Waals surface area contributed by atoms with E-state index < -0.39 is 8.07 Å². The zero-order valence-electron chi connectivity index (χ0n) is 17.0. The maximum atomic E-state index is 4.94. The molecule has 2 heterocycles. The highest BCUT2D eigenvalue weighted by molar-refractivity contribution is 6.89. The Morgan fingerprint density at radius 1 is 0.926 bits per heavy atom. The summed E-state index contributed by atoms with van der Waals surface area (Å²) < 4.78 is 2.43. The first-order chi connectivity index (χ1) is 13.0. The van der Waals surface area contributed by atoms with E-state index >= 15 is 0 Å². The molecule has 0 amide bonds. The van der Waals surface area contributed by atoms with Crippen LogP contribution in [0.4, 0.5) is 0 Å². The van der Waals surface area contributed by atoms with Crippen molar-refractivity contribution in [1.29, 1.82) is 0 Å². The molecule has 4 aromatic rings. The van der Waals surface area contributed by atoms with E-state index in [0.29, 0.717) is 0 Å². The summed E-state index contributed by atoms with van der Waals surface area (Å²) in [5.41, 5.74) is 6.39. The Morgan fingerprint density at radius 3 is 2.37 bits per heavy atom. The Bertz CT molecular complexity index is 1130. The van der Waals surface area contributed by atoms with E-state index in [-0.39, 0.29) is 0 Å². The summed E-state index contributed by atoms with van der Waals surface area (Å²) in [4.78, 5) is 4.94. The van der Waals surface area contributed by atoms with Crippen molar-refractivity contribution in [2.75, 3.05) is 0 Å². The number of rotatable bonds is 4. The lowest BCUT2D eigenvalue weighted by Crippen LogP contribution is -2.40. The number of fused-ring (bicyclic) bond motifs is 3. The summed E-state index contributed by atoms with van der Waals surface area (Å²) in [5.74, 6) is 0. The van der Waals surface area contributed by atoms with Crippen molar-refractivity contribution in [3.05, 3.63) is 60.3 Å². The van der Waals surface area contributed by atoms with Gasteiger partial charge in [-0.2, -0.15) is 0 Å². The second-order valence-corrected chi connectivity index (χ2v) is 13.3. The first-order valence-corrected chi connectivity index (χ1v) is 13.5. The number of hydrogen-bond acceptors (Lipinski definition) is 1. The van der Waals surface area contributed by atoms with Gasteiger partial charge in [-0.25, -0.2) is 0 Å². The number of pyridine rings is 1. The van der Waals surface area contributed by atoms with Crippen LogP contribution in [-0.2, 0) is 13.0 Å². The number of nitrogens with zero attached hydrogens (tertiary/aromatic N) is 2. The fourth-order valence-corrected chi connectivity index (χ4v) is 5.92. The zero-order valence-corrected chi connectivity index (χ0v) is 18.0. The summed E-state index contributed by atoms with van der Waals surface area (Å²) in [7, 11) is -1.39. The molecule has 2 aromatic carbocycles. The zero-order chi connectivity index (χ0) is 19.2. The van der Waals surface area contributed by atoms with Crippen LogP contribution in [0, 0.1) is 0 Å². The van der Waals surface area contributed by atoms with Gasteiger partial charge < -0.3 is 4.57 Å². The molecule has 4 rings (SSSR count). The minimum Gasteiger partial charge on any atom is -0.340 e. The number of benzene rings is 2. The minimum atomic E-state index is -1.39. The van der Waals surface area contributed by atoms with Crippen LogP contribution in [0.1, 0.15) is 19.4 Å². The quantitative estimate of drug-likeness (QED) is 0.403. The fraction of sp³-hybridized carbons (Fsp3) is 0.292. The Morgan fingerprint density at radius 2 is 1.67 bits per heavy atom. The van der Waals surface area contributed by atoms with Crippen molar-refractivity contribution in [2.45, 2.75) is 46.5 Å². The summed E-state index contributed by atoms with van der Waals surface area (Å²) in [6.07, 6.45) is 3.21. The molecule has 27 heavy (non-hydrogen) atoms. The van der Waals surface area contributed by atoms with Crippen LogP contribution in [0.25, 0.3) is 33.1 Å². The molecule has 0 radical (unpaired) electrons. The van der Waals surface area contributed by atoms with Gasteiger partial charge in [-0.05, 0) is 36.2 Å². The number of para-hydroxylation sites is 2. The molecule has 0 unspecified atom stereocenters. The Balaban J connectivity index is 2.03. The number of hydrogen-bond donors (Lipinski definition) is 0. The lowest BCUT2D eigenvalue weighted by Gasteiger charge is -2.21. The van der Waals surface area contributed by atoms with Gasteiger partial charge in [-0.1, -0.05) is 63.0 Å². The van der Waals surface area contributed by atoms with E-state index in [2.05, 4.69) is 92.8 Å². The molecule has 0 aliphatic carbocycles. The van der Waals surface area contributed by atoms with Crippen LogP contribution in [-0.4, -0.2) is 17.6 Å². The monoisotopic (exact) mass is 372 g/mol. The van der Waals surface area contributed by atoms with E-state index in [9.17, 15) is 0 Å². The smallest absolute Gasteiger partial charge is 0.0799 e. The van der Waals surface area contributed by atoms with Gasteiger partial charge in [0.05, 0.1) is 19.3 Å². The van der Waals surface area contributed by atoms with Crippen LogP contribution in [0.5, 0.6) is 0 Å². The van der Waals surface area contributed by atoms with Crippen LogP contribution in [0.15, 0.2) is 54.7 Å². The van der Waals surface area contributed by atoms with Crippen LogP contribution in [0.3, 0.4) is 0 Å². The minimum absolute atomic E-state index is 0.953. The van der Waals surface area contributed by atoms with Gasteiger partial charge in [0.15, 0.2) is 0 Å². The van der Waals surface area contributed by atoms with Gasteiger partial charge in [0, 0.05) is 34.6 Å². The fourth-order valence-electron chi connectivity index (χ4n) is 4.26. The molecule has 0 aliphatic heterocycles. The van der Waals surface area contributed by atoms with Gasteiger partial charge in [-0.3, -0.25) is 4.98 Å². The van der Waals surface area contributed by atoms with Crippen molar-refractivity contribution < 1.29 is 0 Å². The first-order valence-electron chi connectivity index (χ1n) is 9.95. The summed E-state index contributed by atoms with van der Waals surface area (Å²) in [5, 5.41) is 4.13. The van der Waals surface area contributed by atoms with Gasteiger partial charge in [0.2, 0.25) is 0 Å². The van der Waals surface area contributed by atoms with E-state index in [1.54, 1.807) is 0 Å². The molecule has 3 heteroatoms. The molecule has 0 bridgehead atoms. The van der Waals surface area contributed by atoms with E-state index in [0.717, 1.165) is 18.7 Å². The van der Waals surface area contributed by atoms with E-state index in [1.807, 2.05) is 0 Å². The van der Waals surface area contributed by atoms with Crippen molar-refractivity contribution in [3.63, 3.8) is 0 Å². The highest BCUT2D eigenvalue weighted by atomic mass is 28.3. The largest absolute Gasteiger partial charge is 0.340 e. The average molecular weight is 373 g/mol. The van der Waals surface area contributed by atoms with Crippen LogP contribution >= 0.6 is 0 Å². The molecule has 0 fully saturated rings. The molecular formula is C24H28N2Si. The second kappa shape index (κ2) is 6.65. The van der Waals surface area contributed by atoms with Crippen LogP contribution < -0.4 is 5.19 Å². The molecule has 0 saturated carbocycles. The third kappa shape index (κ3) is 2.90. The lowest BCUT2D eigenvalue weighted by atomic mass is 10.0. The van der Waals surface area contributed by atoms with Gasteiger partial charge in [0.1, 0.15) is 0 Å². The SMILES string of the molecule is CCc1cc(-c2cccc3c4ccccc4n(CC)c23)ncc1[Si](C)(C)C. The molecule has 0 spiro atoms. The first kappa shape index (κ1) is 18.0. The van der Waals surface area contributed by atoms with Crippen LogP contribution in [0.2, 0.25) is 19.6 Å². The Hall–Kier alpha value is -2.39. The summed E-state index contributed by atoms with van der Waals surface area (Å²) in [6.45, 7) is 12.6. The normalized spacial score (nSPS) is 12.2. The molecule has 2 nitrogen and oxygen atoms in total. The molecule has 0 atom stereocenters. The Labute approximate surface area is 162 Å². The highest BCUT2D eigenvalue weighted by Crippen LogP contribution is 2.35. The Kier molecular flexibility index (Phi) is 4.43. The molecule has 0 aliphatic rings. The van der Waals surface area contributed by atoms with Crippen molar-refractivity contribution in [2.24, 2.45) is 0 Å². The van der Waals surface area contributed by atoms with Gasteiger partial charge >= 0.3 is 0 Å². The number of aromatic nitrogens is 2. The average Bonchev–Trinajstić information content (AvgIpc) is 3.00. The van der Waals surface area contributed by atoms with Gasteiger partial charge in [-0.15, -0.1) is 0 Å². The molecule has 0 saturated heterocycles. The topological polar surface area (TPSA) is 17.8 Å². The highest BCUT2D eigenvalue weighted by Gasteiger charge is 2.21. The molecule has 138 valence electrons. The summed E-state index contributed by atoms with van der Waals surface area (Å²) in [6, 6.07) is 17.7. The molecule has 0 N–H and O–H groups in total. The standard InChI is InChI=1S/C24H28N2Si/c1-6-17-15-21(25-16-23(17)27(3,4)5)20-13-10-12-19-18-11-8-9-14-22(18)26(7-2)24(19)20/h8-16H,6-7H2,1-5H3.